The molecular weight excluding hydrogens is 452 g/mol. The monoisotopic (exact) mass is 494 g/mol. The number of ether oxygens (including phenoxy) is 1. The molecule has 0 spiro atoms. The van der Waals surface area contributed by atoms with Gasteiger partial charge in [-0.2, -0.15) is 0 Å². The fraction of sp³-hybridized carbons (Fsp3) is 0.533. The van der Waals surface area contributed by atoms with E-state index >= 15 is 0 Å². The van der Waals surface area contributed by atoms with E-state index in [4.69, 9.17) is 4.74 Å². The first-order valence-electron chi connectivity index (χ1n) is 13.1. The summed E-state index contributed by atoms with van der Waals surface area (Å²) in [5.74, 6) is 0.708. The van der Waals surface area contributed by atoms with Crippen molar-refractivity contribution in [3.63, 3.8) is 0 Å². The number of rotatable bonds is 10. The number of nitrogens with zero attached hydrogens (tertiary/aromatic N) is 2. The van der Waals surface area contributed by atoms with Crippen LogP contribution in [0.1, 0.15) is 80.5 Å². The van der Waals surface area contributed by atoms with Gasteiger partial charge in [0.05, 0.1) is 6.10 Å². The molecule has 6 heteroatoms. The number of hydrogen-bond acceptors (Lipinski definition) is 5. The van der Waals surface area contributed by atoms with Gasteiger partial charge in [-0.3, -0.25) is 9.69 Å². The van der Waals surface area contributed by atoms with E-state index in [2.05, 4.69) is 35.2 Å². The summed E-state index contributed by atoms with van der Waals surface area (Å²) < 4.78 is 5.36. The summed E-state index contributed by atoms with van der Waals surface area (Å²) in [7, 11) is 1.66. The lowest BCUT2D eigenvalue weighted by Crippen LogP contribution is -2.35. The molecular formula is C30H42N2O4. The molecule has 196 valence electrons. The summed E-state index contributed by atoms with van der Waals surface area (Å²) >= 11 is 0. The van der Waals surface area contributed by atoms with Crippen molar-refractivity contribution in [1.29, 1.82) is 0 Å². The molecule has 1 amide bonds. The van der Waals surface area contributed by atoms with Crippen LogP contribution in [-0.2, 0) is 11.3 Å². The van der Waals surface area contributed by atoms with Gasteiger partial charge in [-0.25, -0.2) is 4.79 Å². The molecule has 1 aliphatic heterocycles. The fourth-order valence-corrected chi connectivity index (χ4v) is 4.59. The number of hydrogen-bond donors (Lipinski definition) is 1. The van der Waals surface area contributed by atoms with Crippen molar-refractivity contribution in [2.24, 2.45) is 5.92 Å². The molecule has 6 nitrogen and oxygen atoms in total. The van der Waals surface area contributed by atoms with E-state index in [1.165, 1.54) is 10.5 Å². The third-order valence-electron chi connectivity index (χ3n) is 6.77. The predicted molar refractivity (Wildman–Crippen MR) is 143 cm³/mol. The van der Waals surface area contributed by atoms with Crippen molar-refractivity contribution >= 4 is 11.9 Å². The van der Waals surface area contributed by atoms with Crippen LogP contribution < -0.4 is 0 Å². The van der Waals surface area contributed by atoms with Gasteiger partial charge in [0.25, 0.3) is 0 Å². The molecule has 0 aromatic heterocycles. The number of aliphatic hydroxyl groups is 1. The van der Waals surface area contributed by atoms with E-state index in [0.717, 1.165) is 38.9 Å². The number of amides is 1. The molecule has 2 aromatic rings. The van der Waals surface area contributed by atoms with Gasteiger partial charge in [-0.1, -0.05) is 48.5 Å². The van der Waals surface area contributed by atoms with E-state index < -0.39 is 17.8 Å². The van der Waals surface area contributed by atoms with E-state index in [1.54, 1.807) is 13.1 Å². The molecule has 1 atom stereocenters. The topological polar surface area (TPSA) is 70.1 Å². The number of carbonyl (C=O) groups is 2. The van der Waals surface area contributed by atoms with Gasteiger partial charge in [-0.15, -0.1) is 0 Å². The van der Waals surface area contributed by atoms with Gasteiger partial charge in [0.2, 0.25) is 0 Å². The van der Waals surface area contributed by atoms with Gasteiger partial charge in [0, 0.05) is 32.1 Å². The molecule has 1 fully saturated rings. The lowest BCUT2D eigenvalue weighted by atomic mass is 9.90. The summed E-state index contributed by atoms with van der Waals surface area (Å²) in [5.41, 5.74) is 2.14. The van der Waals surface area contributed by atoms with Crippen LogP contribution in [0.25, 0.3) is 0 Å². The Morgan fingerprint density at radius 2 is 1.78 bits per heavy atom. The SMILES string of the molecule is CN(CCC(O)c1cccc(C(=O)CCC2CCN(Cc3ccccc3)CC2)c1)C(=O)OC(C)(C)C. The molecule has 0 bridgehead atoms. The number of Topliss-reactive ketones (excluding diaryl/α,β-unsaturated/α-hetero) is 1. The van der Waals surface area contributed by atoms with Crippen LogP contribution in [0.15, 0.2) is 54.6 Å². The zero-order valence-electron chi connectivity index (χ0n) is 22.3. The standard InChI is InChI=1S/C30H42N2O4/c1-30(2,3)36-29(35)31(4)18-17-28(34)26-12-8-11-25(21-26)27(33)14-13-23-15-19-32(20-16-23)22-24-9-6-5-7-10-24/h5-12,21,23,28,34H,13-20,22H2,1-4H3. The Balaban J connectivity index is 1.42. The molecule has 36 heavy (non-hydrogen) atoms. The highest BCUT2D eigenvalue weighted by atomic mass is 16.6. The summed E-state index contributed by atoms with van der Waals surface area (Å²) in [6.07, 6.45) is 2.90. The number of carbonyl (C=O) groups excluding carboxylic acids is 2. The second-order valence-electron chi connectivity index (χ2n) is 11.0. The van der Waals surface area contributed by atoms with Crippen LogP contribution in [0.3, 0.4) is 0 Å². The minimum atomic E-state index is -0.753. The van der Waals surface area contributed by atoms with E-state index in [0.29, 0.717) is 36.4 Å². The van der Waals surface area contributed by atoms with Crippen molar-refractivity contribution in [1.82, 2.24) is 9.80 Å². The van der Waals surface area contributed by atoms with Crippen molar-refractivity contribution in [3.05, 3.63) is 71.3 Å². The minimum Gasteiger partial charge on any atom is -0.444 e. The normalized spacial score (nSPS) is 15.9. The number of likely N-dealkylation sites (tertiary alicyclic amines) is 1. The first kappa shape index (κ1) is 27.9. The molecule has 1 saturated heterocycles. The van der Waals surface area contributed by atoms with Crippen LogP contribution in [0.2, 0.25) is 0 Å². The van der Waals surface area contributed by atoms with Gasteiger partial charge >= 0.3 is 6.09 Å². The summed E-state index contributed by atoms with van der Waals surface area (Å²) in [6, 6.07) is 17.9. The molecule has 0 saturated carbocycles. The Bertz CT molecular complexity index is 978. The van der Waals surface area contributed by atoms with Crippen LogP contribution in [0, 0.1) is 5.92 Å². The maximum atomic E-state index is 12.9. The molecule has 0 radical (unpaired) electrons. The minimum absolute atomic E-state index is 0.127. The van der Waals surface area contributed by atoms with Crippen LogP contribution in [0.4, 0.5) is 4.79 Å². The Kier molecular flexibility index (Phi) is 10.1. The Hall–Kier alpha value is -2.70. The van der Waals surface area contributed by atoms with Gasteiger partial charge in [-0.05, 0) is 82.7 Å². The summed E-state index contributed by atoms with van der Waals surface area (Å²) in [5, 5.41) is 10.7. The predicted octanol–water partition coefficient (Wildman–Crippen LogP) is 5.85. The second kappa shape index (κ2) is 13.0. The second-order valence-corrected chi connectivity index (χ2v) is 11.0. The molecule has 2 aromatic carbocycles. The van der Waals surface area contributed by atoms with E-state index in [9.17, 15) is 14.7 Å². The largest absolute Gasteiger partial charge is 0.444 e. The molecule has 1 aliphatic rings. The Labute approximate surface area is 216 Å². The highest BCUT2D eigenvalue weighted by Crippen LogP contribution is 2.25. The quantitative estimate of drug-likeness (QED) is 0.420. The van der Waals surface area contributed by atoms with Crippen molar-refractivity contribution in [3.8, 4) is 0 Å². The zero-order chi connectivity index (χ0) is 26.1. The zero-order valence-corrected chi connectivity index (χ0v) is 22.3. The Morgan fingerprint density at radius 1 is 1.08 bits per heavy atom. The first-order valence-corrected chi connectivity index (χ1v) is 13.1. The van der Waals surface area contributed by atoms with Crippen LogP contribution in [-0.4, -0.2) is 59.1 Å². The third-order valence-corrected chi connectivity index (χ3v) is 6.77. The molecule has 0 aliphatic carbocycles. The smallest absolute Gasteiger partial charge is 0.410 e. The lowest BCUT2D eigenvalue weighted by molar-refractivity contribution is 0.0273. The Morgan fingerprint density at radius 3 is 2.44 bits per heavy atom. The number of piperidine rings is 1. The lowest BCUT2D eigenvalue weighted by Gasteiger charge is -2.32. The maximum absolute atomic E-state index is 12.9. The van der Waals surface area contributed by atoms with Crippen molar-refractivity contribution in [2.45, 2.75) is 71.1 Å². The van der Waals surface area contributed by atoms with Crippen LogP contribution >= 0.6 is 0 Å². The van der Waals surface area contributed by atoms with Crippen molar-refractivity contribution in [2.75, 3.05) is 26.7 Å². The highest BCUT2D eigenvalue weighted by Gasteiger charge is 2.22. The molecule has 1 heterocycles. The average Bonchev–Trinajstić information content (AvgIpc) is 2.86. The number of benzene rings is 2. The molecule has 1 N–H and O–H groups in total. The van der Waals surface area contributed by atoms with Crippen molar-refractivity contribution < 1.29 is 19.4 Å². The summed E-state index contributed by atoms with van der Waals surface area (Å²) in [4.78, 5) is 29.0. The van der Waals surface area contributed by atoms with Gasteiger partial charge in [0.1, 0.15) is 5.60 Å². The van der Waals surface area contributed by atoms with Crippen LogP contribution in [0.5, 0.6) is 0 Å². The first-order chi connectivity index (χ1) is 17.1. The van der Waals surface area contributed by atoms with E-state index in [1.807, 2.05) is 39.0 Å². The van der Waals surface area contributed by atoms with E-state index in [-0.39, 0.29) is 5.78 Å². The highest BCUT2D eigenvalue weighted by molar-refractivity contribution is 5.96. The van der Waals surface area contributed by atoms with Gasteiger partial charge < -0.3 is 14.7 Å². The molecule has 1 unspecified atom stereocenters. The third kappa shape index (κ3) is 9.07. The molecule has 3 rings (SSSR count). The number of aliphatic hydroxyl groups excluding tert-OH is 1. The summed E-state index contributed by atoms with van der Waals surface area (Å²) in [6.45, 7) is 8.98. The average molecular weight is 495 g/mol. The van der Waals surface area contributed by atoms with Gasteiger partial charge in [0.15, 0.2) is 5.78 Å². The number of ketones is 1. The maximum Gasteiger partial charge on any atom is 0.410 e. The fourth-order valence-electron chi connectivity index (χ4n) is 4.59.